The van der Waals surface area contributed by atoms with Crippen LogP contribution in [0.1, 0.15) is 27.0 Å². The third kappa shape index (κ3) is 5.98. The molecule has 1 aliphatic heterocycles. The summed E-state index contributed by atoms with van der Waals surface area (Å²) in [6.07, 6.45) is -8.68. The summed E-state index contributed by atoms with van der Waals surface area (Å²) >= 11 is 5.05. The van der Waals surface area contributed by atoms with Gasteiger partial charge < -0.3 is 4.74 Å². The summed E-state index contributed by atoms with van der Waals surface area (Å²) in [5, 5.41) is -0.770. The van der Waals surface area contributed by atoms with Gasteiger partial charge in [0.05, 0.1) is 17.7 Å². The minimum Gasteiger partial charge on any atom is -0.476 e. The van der Waals surface area contributed by atoms with Gasteiger partial charge in [-0.05, 0) is 60.1 Å². The van der Waals surface area contributed by atoms with E-state index >= 15 is 0 Å². The molecule has 1 aliphatic rings. The lowest BCUT2D eigenvalue weighted by Crippen LogP contribution is -2.06. The Kier molecular flexibility index (Phi) is 6.71. The molecule has 0 aliphatic carbocycles. The second-order valence-electron chi connectivity index (χ2n) is 5.46. The van der Waals surface area contributed by atoms with E-state index in [0.717, 1.165) is 36.4 Å². The summed E-state index contributed by atoms with van der Waals surface area (Å²) in [4.78, 5) is 14.5. The number of halogens is 7. The zero-order valence-electron chi connectivity index (χ0n) is 13.9. The molecule has 2 aromatic carbocycles. The highest BCUT2D eigenvalue weighted by Crippen LogP contribution is 2.30. The van der Waals surface area contributed by atoms with Gasteiger partial charge in [-0.1, -0.05) is 0 Å². The Hall–Kier alpha value is -2.55. The van der Waals surface area contributed by atoms with Crippen LogP contribution in [0, 0.1) is 0 Å². The van der Waals surface area contributed by atoms with Crippen LogP contribution in [0.25, 0.3) is 0 Å². The lowest BCUT2D eigenvalue weighted by molar-refractivity contribution is -0.138. The minimum absolute atomic E-state index is 0.0506. The van der Waals surface area contributed by atoms with Crippen molar-refractivity contribution in [3.8, 4) is 0 Å². The molecular weight excluding hydrogens is 412 g/mol. The lowest BCUT2D eigenvalue weighted by Gasteiger charge is -2.07. The predicted molar refractivity (Wildman–Crippen MR) is 90.4 cm³/mol. The summed E-state index contributed by atoms with van der Waals surface area (Å²) in [6, 6.07) is 8.50. The molecule has 0 fully saturated rings. The van der Waals surface area contributed by atoms with E-state index in [-0.39, 0.29) is 5.56 Å². The highest BCUT2D eigenvalue weighted by molar-refractivity contribution is 6.67. The Morgan fingerprint density at radius 1 is 0.857 bits per heavy atom. The summed E-state index contributed by atoms with van der Waals surface area (Å²) < 4.78 is 77.8. The van der Waals surface area contributed by atoms with Crippen LogP contribution in [-0.4, -0.2) is 24.3 Å². The summed E-state index contributed by atoms with van der Waals surface area (Å²) in [5.41, 5.74) is -0.825. The van der Waals surface area contributed by atoms with Crippen LogP contribution in [0.5, 0.6) is 0 Å². The number of benzene rings is 2. The zero-order chi connectivity index (χ0) is 20.9. The number of carbonyl (C=O) groups is 1. The number of carbonyl (C=O) groups excluding carboxylic acids is 1. The first kappa shape index (κ1) is 21.7. The van der Waals surface area contributed by atoms with Gasteiger partial charge in [-0.3, -0.25) is 4.79 Å². The van der Waals surface area contributed by atoms with E-state index in [1.165, 1.54) is 12.1 Å². The van der Waals surface area contributed by atoms with Gasteiger partial charge in [0, 0.05) is 11.1 Å². The molecule has 0 unspecified atom stereocenters. The van der Waals surface area contributed by atoms with Crippen molar-refractivity contribution in [1.29, 1.82) is 0 Å². The largest absolute Gasteiger partial charge is 0.476 e. The molecule has 0 atom stereocenters. The van der Waals surface area contributed by atoms with Crippen molar-refractivity contribution in [3.05, 3.63) is 70.8 Å². The van der Waals surface area contributed by atoms with E-state index in [2.05, 4.69) is 4.99 Å². The number of hydrogen-bond donors (Lipinski definition) is 0. The molecular formula is C18H12ClF6NO2. The van der Waals surface area contributed by atoms with Crippen LogP contribution in [-0.2, 0) is 17.1 Å². The van der Waals surface area contributed by atoms with E-state index in [4.69, 9.17) is 16.3 Å². The van der Waals surface area contributed by atoms with Crippen molar-refractivity contribution in [2.75, 3.05) is 13.2 Å². The Labute approximate surface area is 160 Å². The van der Waals surface area contributed by atoms with Gasteiger partial charge >= 0.3 is 12.4 Å². The Morgan fingerprint density at radius 2 is 1.32 bits per heavy atom. The number of hydrogen-bond acceptors (Lipinski definition) is 3. The molecule has 3 nitrogen and oxygen atoms in total. The van der Waals surface area contributed by atoms with Crippen LogP contribution in [0.3, 0.4) is 0 Å². The fourth-order valence-electron chi connectivity index (χ4n) is 2.10. The van der Waals surface area contributed by atoms with Crippen molar-refractivity contribution < 1.29 is 35.9 Å². The molecule has 0 saturated heterocycles. The SMILES string of the molecule is FC(F)(F)c1ccc(C2=NCCO2)cc1.O=C(Cl)c1ccc(C(F)(F)F)cc1. The summed E-state index contributed by atoms with van der Waals surface area (Å²) in [7, 11) is 0. The molecule has 0 saturated carbocycles. The number of rotatable bonds is 2. The van der Waals surface area contributed by atoms with Crippen LogP contribution in [0.4, 0.5) is 26.3 Å². The molecule has 0 spiro atoms. The van der Waals surface area contributed by atoms with Gasteiger partial charge in [-0.15, -0.1) is 0 Å². The number of alkyl halides is 6. The molecule has 0 amide bonds. The van der Waals surface area contributed by atoms with Crippen molar-refractivity contribution in [2.45, 2.75) is 12.4 Å². The van der Waals surface area contributed by atoms with Gasteiger partial charge in [0.1, 0.15) is 6.61 Å². The van der Waals surface area contributed by atoms with Crippen LogP contribution >= 0.6 is 11.6 Å². The maximum absolute atomic E-state index is 12.2. The highest BCUT2D eigenvalue weighted by atomic mass is 35.5. The van der Waals surface area contributed by atoms with Gasteiger partial charge in [0.25, 0.3) is 5.24 Å². The monoisotopic (exact) mass is 423 g/mol. The smallest absolute Gasteiger partial charge is 0.416 e. The molecule has 0 N–H and O–H groups in total. The molecule has 150 valence electrons. The molecule has 2 aromatic rings. The first-order valence-corrected chi connectivity index (χ1v) is 8.08. The topological polar surface area (TPSA) is 38.7 Å². The molecule has 0 bridgehead atoms. The fourth-order valence-corrected chi connectivity index (χ4v) is 2.23. The van der Waals surface area contributed by atoms with E-state index in [1.807, 2.05) is 0 Å². The Morgan fingerprint density at radius 3 is 1.68 bits per heavy atom. The normalized spacial score (nSPS) is 13.9. The van der Waals surface area contributed by atoms with Gasteiger partial charge in [0.15, 0.2) is 0 Å². The zero-order valence-corrected chi connectivity index (χ0v) is 14.7. The third-order valence-corrected chi connectivity index (χ3v) is 3.70. The van der Waals surface area contributed by atoms with Gasteiger partial charge in [-0.2, -0.15) is 26.3 Å². The molecule has 0 aromatic heterocycles. The van der Waals surface area contributed by atoms with Gasteiger partial charge in [0.2, 0.25) is 5.90 Å². The van der Waals surface area contributed by atoms with E-state index in [0.29, 0.717) is 24.6 Å². The van der Waals surface area contributed by atoms with Crippen molar-refractivity contribution >= 4 is 22.7 Å². The van der Waals surface area contributed by atoms with E-state index in [1.54, 1.807) is 0 Å². The standard InChI is InChI=1S/C10H8F3NO.C8H4ClF3O/c11-10(12,13)8-3-1-7(2-4-8)9-14-5-6-15-9;9-7(13)5-1-3-6(4-2-5)8(10,11)12/h1-4H,5-6H2;1-4H. The number of nitrogens with zero attached hydrogens (tertiary/aromatic N) is 1. The predicted octanol–water partition coefficient (Wildman–Crippen LogP) is 5.57. The first-order chi connectivity index (χ1) is 13.0. The van der Waals surface area contributed by atoms with Crippen LogP contribution in [0.2, 0.25) is 0 Å². The van der Waals surface area contributed by atoms with Crippen molar-refractivity contribution in [1.82, 2.24) is 0 Å². The highest BCUT2D eigenvalue weighted by Gasteiger charge is 2.30. The van der Waals surface area contributed by atoms with E-state index in [9.17, 15) is 31.1 Å². The molecule has 28 heavy (non-hydrogen) atoms. The second-order valence-corrected chi connectivity index (χ2v) is 5.80. The third-order valence-electron chi connectivity index (χ3n) is 3.48. The Bertz CT molecular complexity index is 842. The van der Waals surface area contributed by atoms with Crippen LogP contribution < -0.4 is 0 Å². The molecule has 10 heteroatoms. The second kappa shape index (κ2) is 8.64. The minimum atomic E-state index is -4.38. The number of aliphatic imine (C=N–C) groups is 1. The maximum atomic E-state index is 12.2. The average molecular weight is 424 g/mol. The first-order valence-electron chi connectivity index (χ1n) is 7.70. The summed E-state index contributed by atoms with van der Waals surface area (Å²) in [5.74, 6) is 0.420. The molecule has 3 rings (SSSR count). The maximum Gasteiger partial charge on any atom is 0.416 e. The molecule has 1 heterocycles. The lowest BCUT2D eigenvalue weighted by atomic mass is 10.1. The van der Waals surface area contributed by atoms with Gasteiger partial charge in [-0.25, -0.2) is 4.99 Å². The number of ether oxygens (including phenoxy) is 1. The molecule has 0 radical (unpaired) electrons. The average Bonchev–Trinajstić information content (AvgIpc) is 3.16. The van der Waals surface area contributed by atoms with E-state index < -0.39 is 28.7 Å². The van der Waals surface area contributed by atoms with Crippen LogP contribution in [0.15, 0.2) is 53.5 Å². The summed E-state index contributed by atoms with van der Waals surface area (Å²) in [6.45, 7) is 1.06. The van der Waals surface area contributed by atoms with Crippen molar-refractivity contribution in [3.63, 3.8) is 0 Å². The fraction of sp³-hybridized carbons (Fsp3) is 0.222. The van der Waals surface area contributed by atoms with Crippen molar-refractivity contribution in [2.24, 2.45) is 4.99 Å². The quantitative estimate of drug-likeness (QED) is 0.468. The Balaban J connectivity index is 0.000000203.